The van der Waals surface area contributed by atoms with Gasteiger partial charge in [0.2, 0.25) is 0 Å². The molecule has 2 nitrogen and oxygen atoms in total. The summed E-state index contributed by atoms with van der Waals surface area (Å²) in [5, 5.41) is 2.69. The fraction of sp³-hybridized carbons (Fsp3) is 0.474. The highest BCUT2D eigenvalue weighted by atomic mass is 16.0. The summed E-state index contributed by atoms with van der Waals surface area (Å²) in [6, 6.07) is 11.2. The average Bonchev–Trinajstić information content (AvgIpc) is 2.50. The summed E-state index contributed by atoms with van der Waals surface area (Å²) in [5.41, 5.74) is 10.9. The van der Waals surface area contributed by atoms with E-state index < -0.39 is 0 Å². The fourth-order valence-electron chi connectivity index (χ4n) is 3.20. The highest BCUT2D eigenvalue weighted by molar-refractivity contribution is 5.88. The van der Waals surface area contributed by atoms with Crippen LogP contribution in [0.2, 0.25) is 0 Å². The SMILES string of the molecule is CCCCC(N)c1c(CC)c(CC)cc2ccccc12.O. The van der Waals surface area contributed by atoms with Gasteiger partial charge in [-0.05, 0) is 46.7 Å². The summed E-state index contributed by atoms with van der Waals surface area (Å²) in [4.78, 5) is 0. The lowest BCUT2D eigenvalue weighted by molar-refractivity contribution is 0.602. The van der Waals surface area contributed by atoms with Gasteiger partial charge in [0.25, 0.3) is 0 Å². The van der Waals surface area contributed by atoms with Gasteiger partial charge in [-0.3, -0.25) is 0 Å². The third-order valence-corrected chi connectivity index (χ3v) is 4.27. The van der Waals surface area contributed by atoms with E-state index in [-0.39, 0.29) is 11.5 Å². The maximum Gasteiger partial charge on any atom is 0.0303 e. The maximum atomic E-state index is 6.55. The van der Waals surface area contributed by atoms with Gasteiger partial charge >= 0.3 is 0 Å². The Labute approximate surface area is 128 Å². The molecule has 0 aliphatic rings. The summed E-state index contributed by atoms with van der Waals surface area (Å²) in [7, 11) is 0. The van der Waals surface area contributed by atoms with Gasteiger partial charge in [0.15, 0.2) is 0 Å². The van der Waals surface area contributed by atoms with E-state index in [1.54, 1.807) is 0 Å². The number of benzene rings is 2. The van der Waals surface area contributed by atoms with Crippen LogP contribution in [0.3, 0.4) is 0 Å². The van der Waals surface area contributed by atoms with Crippen LogP contribution in [-0.4, -0.2) is 5.48 Å². The normalized spacial score (nSPS) is 12.2. The molecule has 0 amide bonds. The van der Waals surface area contributed by atoms with Crippen LogP contribution >= 0.6 is 0 Å². The molecule has 0 aliphatic heterocycles. The van der Waals surface area contributed by atoms with Crippen LogP contribution in [0.5, 0.6) is 0 Å². The summed E-state index contributed by atoms with van der Waals surface area (Å²) < 4.78 is 0. The number of hydrogen-bond acceptors (Lipinski definition) is 1. The summed E-state index contributed by atoms with van der Waals surface area (Å²) >= 11 is 0. The van der Waals surface area contributed by atoms with Crippen molar-refractivity contribution < 1.29 is 5.48 Å². The van der Waals surface area contributed by atoms with Crippen molar-refractivity contribution in [1.29, 1.82) is 0 Å². The van der Waals surface area contributed by atoms with E-state index >= 15 is 0 Å². The van der Waals surface area contributed by atoms with Crippen molar-refractivity contribution in [1.82, 2.24) is 0 Å². The van der Waals surface area contributed by atoms with Gasteiger partial charge in [-0.25, -0.2) is 0 Å². The third-order valence-electron chi connectivity index (χ3n) is 4.27. The summed E-state index contributed by atoms with van der Waals surface area (Å²) in [5.74, 6) is 0. The summed E-state index contributed by atoms with van der Waals surface area (Å²) in [6.45, 7) is 6.72. The van der Waals surface area contributed by atoms with Crippen molar-refractivity contribution in [3.8, 4) is 0 Å². The molecular weight excluding hydrogens is 258 g/mol. The van der Waals surface area contributed by atoms with E-state index in [1.807, 2.05) is 0 Å². The Morgan fingerprint density at radius 2 is 1.76 bits per heavy atom. The number of rotatable bonds is 6. The van der Waals surface area contributed by atoms with E-state index in [0.717, 1.165) is 19.3 Å². The zero-order chi connectivity index (χ0) is 14.5. The Balaban J connectivity index is 0.00000220. The molecule has 2 aromatic rings. The van der Waals surface area contributed by atoms with Crippen LogP contribution < -0.4 is 5.73 Å². The first-order valence-electron chi connectivity index (χ1n) is 8.01. The Morgan fingerprint density at radius 3 is 2.38 bits per heavy atom. The molecule has 0 fully saturated rings. The molecule has 0 bridgehead atoms. The van der Waals surface area contributed by atoms with Crippen LogP contribution in [0.4, 0.5) is 0 Å². The molecule has 0 heterocycles. The highest BCUT2D eigenvalue weighted by Crippen LogP contribution is 2.32. The molecule has 2 aromatic carbocycles. The molecule has 0 saturated heterocycles. The van der Waals surface area contributed by atoms with Gasteiger partial charge in [0.05, 0.1) is 0 Å². The van der Waals surface area contributed by atoms with E-state index in [9.17, 15) is 0 Å². The number of unbranched alkanes of at least 4 members (excludes halogenated alkanes) is 1. The highest BCUT2D eigenvalue weighted by Gasteiger charge is 2.16. The minimum absolute atomic E-state index is 0. The lowest BCUT2D eigenvalue weighted by Crippen LogP contribution is -2.14. The maximum absolute atomic E-state index is 6.55. The second-order valence-corrected chi connectivity index (χ2v) is 5.60. The first-order valence-corrected chi connectivity index (χ1v) is 8.01. The van der Waals surface area contributed by atoms with Crippen molar-refractivity contribution in [2.75, 3.05) is 0 Å². The molecule has 1 unspecified atom stereocenters. The van der Waals surface area contributed by atoms with E-state index in [2.05, 4.69) is 51.1 Å². The first kappa shape index (κ1) is 17.7. The van der Waals surface area contributed by atoms with Gasteiger partial charge < -0.3 is 11.2 Å². The van der Waals surface area contributed by atoms with Crippen LogP contribution in [-0.2, 0) is 12.8 Å². The Bertz CT molecular complexity index is 577. The lowest BCUT2D eigenvalue weighted by atomic mass is 9.86. The van der Waals surface area contributed by atoms with Gasteiger partial charge in [-0.1, -0.05) is 63.9 Å². The van der Waals surface area contributed by atoms with Crippen molar-refractivity contribution in [3.05, 3.63) is 47.0 Å². The first-order chi connectivity index (χ1) is 9.72. The van der Waals surface area contributed by atoms with E-state index in [1.165, 1.54) is 40.3 Å². The molecule has 21 heavy (non-hydrogen) atoms. The molecule has 0 aliphatic carbocycles. The minimum atomic E-state index is 0. The van der Waals surface area contributed by atoms with Gasteiger partial charge in [0, 0.05) is 6.04 Å². The van der Waals surface area contributed by atoms with Crippen LogP contribution in [0.1, 0.15) is 62.8 Å². The molecule has 1 atom stereocenters. The number of aryl methyl sites for hydroxylation is 1. The van der Waals surface area contributed by atoms with Crippen LogP contribution in [0.15, 0.2) is 30.3 Å². The van der Waals surface area contributed by atoms with Gasteiger partial charge in [0.1, 0.15) is 0 Å². The molecule has 2 rings (SSSR count). The smallest absolute Gasteiger partial charge is 0.0303 e. The second kappa shape index (κ2) is 8.16. The molecule has 4 N–H and O–H groups in total. The number of fused-ring (bicyclic) bond motifs is 1. The number of nitrogens with two attached hydrogens (primary N) is 1. The largest absolute Gasteiger partial charge is 0.412 e. The van der Waals surface area contributed by atoms with Crippen LogP contribution in [0, 0.1) is 0 Å². The molecular formula is C19H29NO. The van der Waals surface area contributed by atoms with Crippen molar-refractivity contribution >= 4 is 10.8 Å². The van der Waals surface area contributed by atoms with Gasteiger partial charge in [-0.15, -0.1) is 0 Å². The van der Waals surface area contributed by atoms with Crippen molar-refractivity contribution in [3.63, 3.8) is 0 Å². The Kier molecular flexibility index (Phi) is 6.86. The zero-order valence-corrected chi connectivity index (χ0v) is 13.6. The molecule has 0 radical (unpaired) electrons. The van der Waals surface area contributed by atoms with Crippen molar-refractivity contribution in [2.45, 2.75) is 58.9 Å². The second-order valence-electron chi connectivity index (χ2n) is 5.60. The third kappa shape index (κ3) is 3.63. The standard InChI is InChI=1S/C19H27N.H2O/c1-4-7-12-18(20)19-16(6-3)14(5-2)13-15-10-8-9-11-17(15)19;/h8-11,13,18H,4-7,12,20H2,1-3H3;1H2. The van der Waals surface area contributed by atoms with Crippen LogP contribution in [0.25, 0.3) is 10.8 Å². The van der Waals surface area contributed by atoms with E-state index in [0.29, 0.717) is 0 Å². The molecule has 0 saturated carbocycles. The molecule has 2 heteroatoms. The van der Waals surface area contributed by atoms with Crippen molar-refractivity contribution in [2.24, 2.45) is 5.73 Å². The predicted octanol–water partition coefficient (Wildman–Crippen LogP) is 4.33. The average molecular weight is 287 g/mol. The quantitative estimate of drug-likeness (QED) is 0.844. The molecule has 0 spiro atoms. The Morgan fingerprint density at radius 1 is 1.05 bits per heavy atom. The minimum Gasteiger partial charge on any atom is -0.412 e. The Hall–Kier alpha value is -1.38. The monoisotopic (exact) mass is 287 g/mol. The van der Waals surface area contributed by atoms with E-state index in [4.69, 9.17) is 5.73 Å². The zero-order valence-electron chi connectivity index (χ0n) is 13.6. The van der Waals surface area contributed by atoms with Gasteiger partial charge in [-0.2, -0.15) is 0 Å². The lowest BCUT2D eigenvalue weighted by Gasteiger charge is -2.21. The number of hydrogen-bond donors (Lipinski definition) is 1. The summed E-state index contributed by atoms with van der Waals surface area (Å²) in [6.07, 6.45) is 5.65. The molecule has 116 valence electrons. The molecule has 0 aromatic heterocycles. The topological polar surface area (TPSA) is 57.5 Å². The fourth-order valence-corrected chi connectivity index (χ4v) is 3.20. The predicted molar refractivity (Wildman–Crippen MR) is 92.8 cm³/mol.